The third kappa shape index (κ3) is 0.823. The van der Waals surface area contributed by atoms with E-state index in [0.29, 0.717) is 5.69 Å². The molecule has 1 aliphatic heterocycles. The third-order valence-electron chi connectivity index (χ3n) is 3.01. The molecule has 3 rings (SSSR count). The number of nitrogens with one attached hydrogen (secondary N) is 1. The van der Waals surface area contributed by atoms with E-state index in [1.54, 1.807) is 6.07 Å². The molecule has 1 aromatic carbocycles. The standard InChI is InChI=1S/C10H7BrFNO/c11-5-1-2-6(12)8-7(5)10(3-4-10)9(14)13-8/h1-2H,3-4H2,(H,13,14). The first-order valence-corrected chi connectivity index (χ1v) is 5.24. The van der Waals surface area contributed by atoms with Crippen molar-refractivity contribution >= 4 is 27.5 Å². The van der Waals surface area contributed by atoms with Crippen molar-refractivity contribution in [2.45, 2.75) is 18.3 Å². The molecule has 0 unspecified atom stereocenters. The number of carbonyl (C=O) groups is 1. The molecule has 1 amide bonds. The number of amides is 1. The van der Waals surface area contributed by atoms with Crippen LogP contribution in [0.3, 0.4) is 0 Å². The average molecular weight is 256 g/mol. The Morgan fingerprint density at radius 3 is 2.79 bits per heavy atom. The van der Waals surface area contributed by atoms with Gasteiger partial charge in [-0.3, -0.25) is 4.79 Å². The molecule has 1 fully saturated rings. The van der Waals surface area contributed by atoms with E-state index in [-0.39, 0.29) is 11.7 Å². The van der Waals surface area contributed by atoms with Gasteiger partial charge >= 0.3 is 0 Å². The van der Waals surface area contributed by atoms with E-state index >= 15 is 0 Å². The quantitative estimate of drug-likeness (QED) is 0.759. The molecule has 0 aromatic heterocycles. The Hall–Kier alpha value is -0.900. The number of fused-ring (bicyclic) bond motifs is 2. The van der Waals surface area contributed by atoms with Crippen LogP contribution >= 0.6 is 15.9 Å². The SMILES string of the molecule is O=C1Nc2c(F)ccc(Br)c2C12CC2. The van der Waals surface area contributed by atoms with E-state index < -0.39 is 5.41 Å². The largest absolute Gasteiger partial charge is 0.323 e. The van der Waals surface area contributed by atoms with Crippen molar-refractivity contribution in [1.82, 2.24) is 0 Å². The molecule has 0 saturated heterocycles. The summed E-state index contributed by atoms with van der Waals surface area (Å²) < 4.78 is 14.2. The second-order valence-electron chi connectivity index (χ2n) is 3.82. The van der Waals surface area contributed by atoms with Crippen molar-refractivity contribution in [2.24, 2.45) is 0 Å². The molecule has 2 aliphatic rings. The number of benzene rings is 1. The lowest BCUT2D eigenvalue weighted by atomic mass is 9.98. The smallest absolute Gasteiger partial charge is 0.235 e. The maximum atomic E-state index is 13.4. The molecule has 1 heterocycles. The molecule has 0 atom stereocenters. The lowest BCUT2D eigenvalue weighted by Gasteiger charge is -2.06. The van der Waals surface area contributed by atoms with Gasteiger partial charge in [0.2, 0.25) is 5.91 Å². The Balaban J connectivity index is 2.32. The average Bonchev–Trinajstić information content (AvgIpc) is 2.86. The summed E-state index contributed by atoms with van der Waals surface area (Å²) in [6.45, 7) is 0. The summed E-state index contributed by atoms with van der Waals surface area (Å²) in [5, 5.41) is 2.62. The van der Waals surface area contributed by atoms with E-state index in [4.69, 9.17) is 0 Å². The van der Waals surface area contributed by atoms with Gasteiger partial charge in [0, 0.05) is 10.0 Å². The number of anilines is 1. The van der Waals surface area contributed by atoms with Crippen LogP contribution in [0, 0.1) is 5.82 Å². The van der Waals surface area contributed by atoms with Gasteiger partial charge in [-0.15, -0.1) is 0 Å². The first kappa shape index (κ1) is 8.41. The van der Waals surface area contributed by atoms with E-state index in [2.05, 4.69) is 21.2 Å². The first-order valence-electron chi connectivity index (χ1n) is 4.45. The van der Waals surface area contributed by atoms with Crippen LogP contribution in [0.1, 0.15) is 18.4 Å². The number of halogens is 2. The van der Waals surface area contributed by atoms with Gasteiger partial charge in [0.15, 0.2) is 0 Å². The fraction of sp³-hybridized carbons (Fsp3) is 0.300. The van der Waals surface area contributed by atoms with Gasteiger partial charge in [0.05, 0.1) is 11.1 Å². The van der Waals surface area contributed by atoms with Crippen LogP contribution in [0.5, 0.6) is 0 Å². The monoisotopic (exact) mass is 255 g/mol. The van der Waals surface area contributed by atoms with Gasteiger partial charge in [-0.2, -0.15) is 0 Å². The predicted octanol–water partition coefficient (Wildman–Crippen LogP) is 2.57. The molecule has 2 nitrogen and oxygen atoms in total. The minimum absolute atomic E-state index is 0.0571. The Morgan fingerprint density at radius 1 is 1.43 bits per heavy atom. The molecule has 1 spiro atoms. The van der Waals surface area contributed by atoms with Crippen molar-refractivity contribution in [3.05, 3.63) is 28.0 Å². The summed E-state index contributed by atoms with van der Waals surface area (Å²) in [6.07, 6.45) is 1.65. The molecule has 1 aromatic rings. The molecule has 4 heteroatoms. The predicted molar refractivity (Wildman–Crippen MR) is 53.6 cm³/mol. The van der Waals surface area contributed by atoms with E-state index in [1.165, 1.54) is 6.07 Å². The van der Waals surface area contributed by atoms with E-state index in [1.807, 2.05) is 0 Å². The van der Waals surface area contributed by atoms with Crippen molar-refractivity contribution in [3.8, 4) is 0 Å². The highest BCUT2D eigenvalue weighted by molar-refractivity contribution is 9.10. The molecule has 0 radical (unpaired) electrons. The fourth-order valence-corrected chi connectivity index (χ4v) is 2.80. The van der Waals surface area contributed by atoms with Crippen molar-refractivity contribution in [2.75, 3.05) is 5.32 Å². The van der Waals surface area contributed by atoms with Crippen LogP contribution in [-0.4, -0.2) is 5.91 Å². The number of hydrogen-bond donors (Lipinski definition) is 1. The lowest BCUT2D eigenvalue weighted by molar-refractivity contribution is -0.117. The summed E-state index contributed by atoms with van der Waals surface area (Å²) in [7, 11) is 0. The highest BCUT2D eigenvalue weighted by atomic mass is 79.9. The van der Waals surface area contributed by atoms with Crippen LogP contribution in [0.15, 0.2) is 16.6 Å². The van der Waals surface area contributed by atoms with Crippen LogP contribution in [0.2, 0.25) is 0 Å². The van der Waals surface area contributed by atoms with E-state index in [0.717, 1.165) is 22.9 Å². The van der Waals surface area contributed by atoms with Crippen molar-refractivity contribution < 1.29 is 9.18 Å². The Kier molecular flexibility index (Phi) is 1.42. The summed E-state index contributed by atoms with van der Waals surface area (Å²) in [4.78, 5) is 11.6. The molecule has 1 aliphatic carbocycles. The Morgan fingerprint density at radius 2 is 2.14 bits per heavy atom. The summed E-state index contributed by atoms with van der Waals surface area (Å²) in [5.41, 5.74) is 0.750. The Labute approximate surface area is 88.6 Å². The summed E-state index contributed by atoms with van der Waals surface area (Å²) in [5.74, 6) is -0.404. The van der Waals surface area contributed by atoms with Gasteiger partial charge in [-0.05, 0) is 25.0 Å². The van der Waals surface area contributed by atoms with Gasteiger partial charge in [-0.1, -0.05) is 15.9 Å². The number of hydrogen-bond acceptors (Lipinski definition) is 1. The highest BCUT2D eigenvalue weighted by Gasteiger charge is 2.57. The highest BCUT2D eigenvalue weighted by Crippen LogP contribution is 2.57. The number of rotatable bonds is 0. The zero-order chi connectivity index (χ0) is 9.92. The van der Waals surface area contributed by atoms with E-state index in [9.17, 15) is 9.18 Å². The molecule has 72 valence electrons. The molecular weight excluding hydrogens is 249 g/mol. The fourth-order valence-electron chi connectivity index (χ4n) is 2.09. The molecule has 0 bridgehead atoms. The van der Waals surface area contributed by atoms with Gasteiger partial charge in [0.1, 0.15) is 5.82 Å². The van der Waals surface area contributed by atoms with Gasteiger partial charge in [0.25, 0.3) is 0 Å². The van der Waals surface area contributed by atoms with Gasteiger partial charge in [-0.25, -0.2) is 4.39 Å². The zero-order valence-electron chi connectivity index (χ0n) is 7.23. The molecule has 14 heavy (non-hydrogen) atoms. The maximum absolute atomic E-state index is 13.4. The normalized spacial score (nSPS) is 20.9. The Bertz CT molecular complexity index is 454. The summed E-state index contributed by atoms with van der Waals surface area (Å²) in [6, 6.07) is 3.03. The van der Waals surface area contributed by atoms with Crippen LogP contribution < -0.4 is 5.32 Å². The molecule has 1 saturated carbocycles. The second-order valence-corrected chi connectivity index (χ2v) is 4.67. The second kappa shape index (κ2) is 2.37. The summed E-state index contributed by atoms with van der Waals surface area (Å²) >= 11 is 3.37. The topological polar surface area (TPSA) is 29.1 Å². The minimum Gasteiger partial charge on any atom is -0.323 e. The van der Waals surface area contributed by atoms with Crippen LogP contribution in [-0.2, 0) is 10.2 Å². The minimum atomic E-state index is -0.420. The van der Waals surface area contributed by atoms with Gasteiger partial charge < -0.3 is 5.32 Å². The van der Waals surface area contributed by atoms with Crippen LogP contribution in [0.25, 0.3) is 0 Å². The van der Waals surface area contributed by atoms with Crippen molar-refractivity contribution in [3.63, 3.8) is 0 Å². The molecule has 1 N–H and O–H groups in total. The van der Waals surface area contributed by atoms with Crippen LogP contribution in [0.4, 0.5) is 10.1 Å². The van der Waals surface area contributed by atoms with Crippen molar-refractivity contribution in [1.29, 1.82) is 0 Å². The lowest BCUT2D eigenvalue weighted by Crippen LogP contribution is -2.18. The maximum Gasteiger partial charge on any atom is 0.235 e. The first-order chi connectivity index (χ1) is 6.65. The zero-order valence-corrected chi connectivity index (χ0v) is 8.82. The molecular formula is C10H7BrFNO. The third-order valence-corrected chi connectivity index (χ3v) is 3.67. The number of carbonyl (C=O) groups excluding carboxylic acids is 1.